The fourth-order valence-electron chi connectivity index (χ4n) is 1.98. The topological polar surface area (TPSA) is 48.1 Å². The van der Waals surface area contributed by atoms with Crippen molar-refractivity contribution in [3.05, 3.63) is 30.0 Å². The van der Waals surface area contributed by atoms with Crippen molar-refractivity contribution in [2.75, 3.05) is 12.8 Å². The number of rotatable bonds is 2. The van der Waals surface area contributed by atoms with E-state index in [-0.39, 0.29) is 0 Å². The molecule has 0 radical (unpaired) electrons. The van der Waals surface area contributed by atoms with Crippen LogP contribution < -0.4 is 10.5 Å². The molecule has 2 aromatic rings. The van der Waals surface area contributed by atoms with Gasteiger partial charge < -0.3 is 10.5 Å². The summed E-state index contributed by atoms with van der Waals surface area (Å²) in [6, 6.07) is 5.89. The molecule has 0 fully saturated rings. The number of hydrogen-bond acceptors (Lipinski definition) is 3. The lowest BCUT2D eigenvalue weighted by Crippen LogP contribution is -1.99. The second-order valence-corrected chi connectivity index (χ2v) is 4.16. The minimum absolute atomic E-state index is 0.388. The smallest absolute Gasteiger partial charge is 0.121 e. The van der Waals surface area contributed by atoms with E-state index in [0.29, 0.717) is 5.92 Å². The Kier molecular flexibility index (Phi) is 2.69. The van der Waals surface area contributed by atoms with Gasteiger partial charge in [-0.15, -0.1) is 0 Å². The molecule has 0 saturated heterocycles. The number of nitrogens with zero attached hydrogens (tertiary/aromatic N) is 1. The maximum absolute atomic E-state index is 5.96. The number of fused-ring (bicyclic) bond motifs is 1. The molecule has 3 nitrogen and oxygen atoms in total. The van der Waals surface area contributed by atoms with E-state index >= 15 is 0 Å². The molecular weight excluding hydrogens is 200 g/mol. The zero-order valence-electron chi connectivity index (χ0n) is 9.82. The number of hydrogen-bond donors (Lipinski definition) is 1. The molecule has 0 saturated carbocycles. The maximum atomic E-state index is 5.96. The molecule has 84 valence electrons. The highest BCUT2D eigenvalue weighted by Gasteiger charge is 2.10. The molecule has 0 atom stereocenters. The normalized spacial score (nSPS) is 11.0. The summed E-state index contributed by atoms with van der Waals surface area (Å²) in [6.07, 6.45) is 1.72. The summed E-state index contributed by atoms with van der Waals surface area (Å²) in [5.74, 6) is 1.21. The van der Waals surface area contributed by atoms with Crippen LogP contribution in [0.25, 0.3) is 10.9 Å². The third-order valence-corrected chi connectivity index (χ3v) is 2.73. The van der Waals surface area contributed by atoms with Gasteiger partial charge in [-0.3, -0.25) is 4.98 Å². The van der Waals surface area contributed by atoms with Crippen molar-refractivity contribution < 1.29 is 4.74 Å². The number of benzene rings is 1. The molecule has 0 spiro atoms. The summed E-state index contributed by atoms with van der Waals surface area (Å²) in [7, 11) is 1.65. The first kappa shape index (κ1) is 10.7. The number of ether oxygens (including phenoxy) is 1. The highest BCUT2D eigenvalue weighted by Crippen LogP contribution is 2.30. The SMILES string of the molecule is COc1ccc2c(C(C)C)c(N)cnc2c1. The third kappa shape index (κ3) is 1.69. The molecule has 1 aromatic heterocycles. The lowest BCUT2D eigenvalue weighted by atomic mass is 9.97. The van der Waals surface area contributed by atoms with Gasteiger partial charge in [0, 0.05) is 11.5 Å². The zero-order valence-corrected chi connectivity index (χ0v) is 9.82. The van der Waals surface area contributed by atoms with Crippen LogP contribution in [0.15, 0.2) is 24.4 Å². The van der Waals surface area contributed by atoms with Gasteiger partial charge in [-0.2, -0.15) is 0 Å². The highest BCUT2D eigenvalue weighted by molar-refractivity contribution is 5.87. The minimum atomic E-state index is 0.388. The monoisotopic (exact) mass is 216 g/mol. The Labute approximate surface area is 95.2 Å². The summed E-state index contributed by atoms with van der Waals surface area (Å²) in [6.45, 7) is 4.27. The number of pyridine rings is 1. The average Bonchev–Trinajstić information content (AvgIpc) is 2.27. The van der Waals surface area contributed by atoms with Crippen LogP contribution in [-0.4, -0.2) is 12.1 Å². The molecule has 16 heavy (non-hydrogen) atoms. The Balaban J connectivity index is 2.74. The second kappa shape index (κ2) is 4.00. The first-order valence-corrected chi connectivity index (χ1v) is 5.35. The van der Waals surface area contributed by atoms with Crippen LogP contribution in [0.5, 0.6) is 5.75 Å². The Bertz CT molecular complexity index is 521. The van der Waals surface area contributed by atoms with Gasteiger partial charge in [-0.05, 0) is 23.6 Å². The Hall–Kier alpha value is -1.77. The van der Waals surface area contributed by atoms with Crippen LogP contribution in [0.3, 0.4) is 0 Å². The summed E-state index contributed by atoms with van der Waals surface area (Å²) < 4.78 is 5.18. The molecule has 0 aliphatic carbocycles. The van der Waals surface area contributed by atoms with Gasteiger partial charge in [0.2, 0.25) is 0 Å². The van der Waals surface area contributed by atoms with Crippen molar-refractivity contribution in [2.45, 2.75) is 19.8 Å². The van der Waals surface area contributed by atoms with E-state index in [1.807, 2.05) is 18.2 Å². The molecule has 0 amide bonds. The number of anilines is 1. The summed E-state index contributed by atoms with van der Waals surface area (Å²) in [5.41, 5.74) is 8.81. The number of methoxy groups -OCH3 is 1. The number of aromatic nitrogens is 1. The van der Waals surface area contributed by atoms with Gasteiger partial charge >= 0.3 is 0 Å². The largest absolute Gasteiger partial charge is 0.497 e. The van der Waals surface area contributed by atoms with Crippen molar-refractivity contribution in [3.8, 4) is 5.75 Å². The van der Waals surface area contributed by atoms with Gasteiger partial charge in [0.25, 0.3) is 0 Å². The van der Waals surface area contributed by atoms with Crippen LogP contribution in [0.4, 0.5) is 5.69 Å². The van der Waals surface area contributed by atoms with Crippen molar-refractivity contribution >= 4 is 16.6 Å². The lowest BCUT2D eigenvalue weighted by Gasteiger charge is -2.13. The van der Waals surface area contributed by atoms with Crippen molar-refractivity contribution in [3.63, 3.8) is 0 Å². The van der Waals surface area contributed by atoms with Crippen molar-refractivity contribution in [1.82, 2.24) is 4.98 Å². The van der Waals surface area contributed by atoms with E-state index in [0.717, 1.165) is 27.9 Å². The fourth-order valence-corrected chi connectivity index (χ4v) is 1.98. The van der Waals surface area contributed by atoms with Crippen LogP contribution in [0.2, 0.25) is 0 Å². The van der Waals surface area contributed by atoms with E-state index in [2.05, 4.69) is 18.8 Å². The van der Waals surface area contributed by atoms with Gasteiger partial charge in [0.1, 0.15) is 5.75 Å². The maximum Gasteiger partial charge on any atom is 0.121 e. The molecule has 3 heteroatoms. The van der Waals surface area contributed by atoms with Gasteiger partial charge in [0.05, 0.1) is 24.5 Å². The van der Waals surface area contributed by atoms with E-state index in [1.165, 1.54) is 0 Å². The molecule has 1 aromatic carbocycles. The quantitative estimate of drug-likeness (QED) is 0.839. The molecule has 2 N–H and O–H groups in total. The van der Waals surface area contributed by atoms with Gasteiger partial charge in [-0.25, -0.2) is 0 Å². The zero-order chi connectivity index (χ0) is 11.7. The van der Waals surface area contributed by atoms with E-state index in [1.54, 1.807) is 13.3 Å². The molecule has 2 rings (SSSR count). The fraction of sp³-hybridized carbons (Fsp3) is 0.308. The third-order valence-electron chi connectivity index (χ3n) is 2.73. The molecule has 0 unspecified atom stereocenters. The standard InChI is InChI=1S/C13H16N2O/c1-8(2)13-10-5-4-9(16-3)6-12(10)15-7-11(13)14/h4-8H,14H2,1-3H3. The summed E-state index contributed by atoms with van der Waals surface area (Å²) >= 11 is 0. The van der Waals surface area contributed by atoms with Gasteiger partial charge in [0.15, 0.2) is 0 Å². The molecule has 0 bridgehead atoms. The number of nitrogen functional groups attached to an aromatic ring is 1. The predicted molar refractivity (Wildman–Crippen MR) is 66.8 cm³/mol. The highest BCUT2D eigenvalue weighted by atomic mass is 16.5. The minimum Gasteiger partial charge on any atom is -0.497 e. The van der Waals surface area contributed by atoms with E-state index < -0.39 is 0 Å². The Morgan fingerprint density at radius 2 is 2.06 bits per heavy atom. The Morgan fingerprint density at radius 3 is 2.69 bits per heavy atom. The van der Waals surface area contributed by atoms with Crippen LogP contribution in [0, 0.1) is 0 Å². The van der Waals surface area contributed by atoms with Crippen LogP contribution in [0.1, 0.15) is 25.3 Å². The molecule has 0 aliphatic rings. The van der Waals surface area contributed by atoms with Crippen LogP contribution >= 0.6 is 0 Å². The lowest BCUT2D eigenvalue weighted by molar-refractivity contribution is 0.415. The average molecular weight is 216 g/mol. The first-order chi connectivity index (χ1) is 7.63. The van der Waals surface area contributed by atoms with Gasteiger partial charge in [-0.1, -0.05) is 13.8 Å². The van der Waals surface area contributed by atoms with E-state index in [9.17, 15) is 0 Å². The molecule has 0 aliphatic heterocycles. The number of nitrogens with two attached hydrogens (primary N) is 1. The molecule has 1 heterocycles. The van der Waals surface area contributed by atoms with Crippen molar-refractivity contribution in [2.24, 2.45) is 0 Å². The van der Waals surface area contributed by atoms with Crippen LogP contribution in [-0.2, 0) is 0 Å². The predicted octanol–water partition coefficient (Wildman–Crippen LogP) is 2.95. The summed E-state index contributed by atoms with van der Waals surface area (Å²) in [5, 5.41) is 1.11. The first-order valence-electron chi connectivity index (χ1n) is 5.35. The Morgan fingerprint density at radius 1 is 1.31 bits per heavy atom. The molecular formula is C13H16N2O. The second-order valence-electron chi connectivity index (χ2n) is 4.16. The van der Waals surface area contributed by atoms with E-state index in [4.69, 9.17) is 10.5 Å². The summed E-state index contributed by atoms with van der Waals surface area (Å²) in [4.78, 5) is 4.33. The van der Waals surface area contributed by atoms with Crippen molar-refractivity contribution in [1.29, 1.82) is 0 Å².